The van der Waals surface area contributed by atoms with Gasteiger partial charge in [0.05, 0.1) is 12.2 Å². The topological polar surface area (TPSA) is 71.0 Å². The lowest BCUT2D eigenvalue weighted by atomic mass is 9.84. The van der Waals surface area contributed by atoms with Crippen LogP contribution in [0.4, 0.5) is 10.5 Å². The van der Waals surface area contributed by atoms with Gasteiger partial charge in [-0.1, -0.05) is 6.07 Å². The van der Waals surface area contributed by atoms with Gasteiger partial charge in [0.2, 0.25) is 0 Å². The van der Waals surface area contributed by atoms with Crippen LogP contribution in [0.25, 0.3) is 0 Å². The standard InChI is InChI=1S/C19H30N2O4/c1-4-24-11-12-25-17-9-5-8-16(13-17)20-18(22)21-10-6-7-15(14-21)19(2,3)23/h5,8-9,13,15,23H,4,6-7,10-12,14H2,1-3H3,(H,20,22). The Morgan fingerprint density at radius 2 is 2.20 bits per heavy atom. The average Bonchev–Trinajstić information content (AvgIpc) is 2.58. The second-order valence-electron chi connectivity index (χ2n) is 6.94. The predicted octanol–water partition coefficient (Wildman–Crippen LogP) is 3.12. The monoisotopic (exact) mass is 350 g/mol. The van der Waals surface area contributed by atoms with Gasteiger partial charge in [0, 0.05) is 37.4 Å². The van der Waals surface area contributed by atoms with Gasteiger partial charge in [-0.2, -0.15) is 0 Å². The molecule has 1 aromatic rings. The molecular formula is C19H30N2O4. The van der Waals surface area contributed by atoms with Crippen LogP contribution < -0.4 is 10.1 Å². The van der Waals surface area contributed by atoms with Crippen molar-refractivity contribution in [2.24, 2.45) is 5.92 Å². The zero-order chi connectivity index (χ0) is 18.3. The van der Waals surface area contributed by atoms with Gasteiger partial charge in [-0.05, 0) is 45.7 Å². The first kappa shape index (κ1) is 19.5. The molecule has 1 heterocycles. The summed E-state index contributed by atoms with van der Waals surface area (Å²) in [5.41, 5.74) is -0.0722. The molecule has 1 atom stereocenters. The van der Waals surface area contributed by atoms with Crippen LogP contribution in [0.1, 0.15) is 33.6 Å². The number of carbonyl (C=O) groups excluding carboxylic acids is 1. The van der Waals surface area contributed by atoms with Crippen LogP contribution in [0.15, 0.2) is 24.3 Å². The van der Waals surface area contributed by atoms with E-state index in [1.807, 2.05) is 39.0 Å². The Labute approximate surface area is 150 Å². The Morgan fingerprint density at radius 3 is 2.92 bits per heavy atom. The molecule has 1 unspecified atom stereocenters. The summed E-state index contributed by atoms with van der Waals surface area (Å²) in [4.78, 5) is 14.3. The fourth-order valence-electron chi connectivity index (χ4n) is 2.97. The number of nitrogens with zero attached hydrogens (tertiary/aromatic N) is 1. The summed E-state index contributed by atoms with van der Waals surface area (Å²) in [5.74, 6) is 0.797. The molecule has 1 aromatic carbocycles. The number of carbonyl (C=O) groups is 1. The molecule has 6 heteroatoms. The fraction of sp³-hybridized carbons (Fsp3) is 0.632. The van der Waals surface area contributed by atoms with Crippen LogP contribution >= 0.6 is 0 Å². The van der Waals surface area contributed by atoms with E-state index in [1.54, 1.807) is 11.0 Å². The first-order valence-electron chi connectivity index (χ1n) is 8.99. The zero-order valence-corrected chi connectivity index (χ0v) is 15.5. The molecule has 2 rings (SSSR count). The van der Waals surface area contributed by atoms with Gasteiger partial charge >= 0.3 is 6.03 Å². The molecule has 0 aliphatic carbocycles. The smallest absolute Gasteiger partial charge is 0.321 e. The molecule has 2 amide bonds. The molecule has 0 spiro atoms. The third-order valence-corrected chi connectivity index (χ3v) is 4.49. The van der Waals surface area contributed by atoms with Crippen molar-refractivity contribution in [3.8, 4) is 5.75 Å². The Morgan fingerprint density at radius 1 is 1.40 bits per heavy atom. The maximum absolute atomic E-state index is 12.5. The third-order valence-electron chi connectivity index (χ3n) is 4.49. The number of amides is 2. The zero-order valence-electron chi connectivity index (χ0n) is 15.5. The number of hydrogen-bond acceptors (Lipinski definition) is 4. The first-order valence-corrected chi connectivity index (χ1v) is 8.99. The number of urea groups is 1. The van der Waals surface area contributed by atoms with E-state index in [4.69, 9.17) is 9.47 Å². The van der Waals surface area contributed by atoms with Crippen molar-refractivity contribution in [3.63, 3.8) is 0 Å². The van der Waals surface area contributed by atoms with Crippen LogP contribution in [0, 0.1) is 5.92 Å². The number of anilines is 1. The van der Waals surface area contributed by atoms with E-state index in [0.29, 0.717) is 44.3 Å². The highest BCUT2D eigenvalue weighted by Crippen LogP contribution is 2.27. The average molecular weight is 350 g/mol. The normalized spacial score (nSPS) is 18.1. The maximum Gasteiger partial charge on any atom is 0.321 e. The molecule has 1 aliphatic heterocycles. The number of ether oxygens (including phenoxy) is 2. The molecule has 0 saturated carbocycles. The van der Waals surface area contributed by atoms with E-state index < -0.39 is 5.60 Å². The lowest BCUT2D eigenvalue weighted by Crippen LogP contribution is -2.48. The highest BCUT2D eigenvalue weighted by molar-refractivity contribution is 5.89. The van der Waals surface area contributed by atoms with Crippen molar-refractivity contribution in [2.75, 3.05) is 38.2 Å². The number of aliphatic hydroxyl groups is 1. The van der Waals surface area contributed by atoms with E-state index >= 15 is 0 Å². The SMILES string of the molecule is CCOCCOc1cccc(NC(=O)N2CCCC(C(C)(C)O)C2)c1. The maximum atomic E-state index is 12.5. The van der Waals surface area contributed by atoms with Gasteiger partial charge < -0.3 is 24.8 Å². The summed E-state index contributed by atoms with van der Waals surface area (Å²) < 4.78 is 10.9. The number of rotatable bonds is 7. The lowest BCUT2D eigenvalue weighted by molar-refractivity contribution is -0.00973. The van der Waals surface area contributed by atoms with Crippen molar-refractivity contribution in [1.82, 2.24) is 4.90 Å². The van der Waals surface area contributed by atoms with Gasteiger partial charge in [0.25, 0.3) is 0 Å². The molecule has 140 valence electrons. The van der Waals surface area contributed by atoms with Crippen LogP contribution in [0.5, 0.6) is 5.75 Å². The van der Waals surface area contributed by atoms with Crippen molar-refractivity contribution >= 4 is 11.7 Å². The van der Waals surface area contributed by atoms with Gasteiger partial charge in [0.15, 0.2) is 0 Å². The Balaban J connectivity index is 1.89. The third kappa shape index (κ3) is 6.21. The van der Waals surface area contributed by atoms with Crippen LogP contribution in [-0.4, -0.2) is 54.5 Å². The van der Waals surface area contributed by atoms with Gasteiger partial charge in [0.1, 0.15) is 12.4 Å². The molecule has 1 aliphatic rings. The van der Waals surface area contributed by atoms with E-state index in [-0.39, 0.29) is 11.9 Å². The molecule has 2 N–H and O–H groups in total. The van der Waals surface area contributed by atoms with E-state index in [9.17, 15) is 9.90 Å². The van der Waals surface area contributed by atoms with E-state index in [2.05, 4.69) is 5.32 Å². The minimum Gasteiger partial charge on any atom is -0.491 e. The summed E-state index contributed by atoms with van der Waals surface area (Å²) >= 11 is 0. The summed E-state index contributed by atoms with van der Waals surface area (Å²) in [6.07, 6.45) is 1.85. The Hall–Kier alpha value is -1.79. The van der Waals surface area contributed by atoms with Crippen LogP contribution in [0.2, 0.25) is 0 Å². The Bertz CT molecular complexity index is 557. The molecule has 6 nitrogen and oxygen atoms in total. The molecular weight excluding hydrogens is 320 g/mol. The number of nitrogens with one attached hydrogen (secondary N) is 1. The van der Waals surface area contributed by atoms with E-state index in [0.717, 1.165) is 12.8 Å². The molecule has 1 fully saturated rings. The van der Waals surface area contributed by atoms with Crippen LogP contribution in [0.3, 0.4) is 0 Å². The number of hydrogen-bond donors (Lipinski definition) is 2. The number of benzene rings is 1. The van der Waals surface area contributed by atoms with Gasteiger partial charge in [-0.25, -0.2) is 4.79 Å². The minimum absolute atomic E-state index is 0.0974. The van der Waals surface area contributed by atoms with Gasteiger partial charge in [-0.3, -0.25) is 0 Å². The highest BCUT2D eigenvalue weighted by atomic mass is 16.5. The number of piperidine rings is 1. The quantitative estimate of drug-likeness (QED) is 0.741. The summed E-state index contributed by atoms with van der Waals surface area (Å²) in [6, 6.07) is 7.21. The van der Waals surface area contributed by atoms with Crippen molar-refractivity contribution in [3.05, 3.63) is 24.3 Å². The first-order chi connectivity index (χ1) is 11.9. The second-order valence-corrected chi connectivity index (χ2v) is 6.94. The van der Waals surface area contributed by atoms with Crippen molar-refractivity contribution < 1.29 is 19.4 Å². The summed E-state index contributed by atoms with van der Waals surface area (Å²) in [5, 5.41) is 13.1. The second kappa shape index (κ2) is 9.06. The molecule has 0 radical (unpaired) electrons. The van der Waals surface area contributed by atoms with Crippen molar-refractivity contribution in [2.45, 2.75) is 39.2 Å². The van der Waals surface area contributed by atoms with Crippen molar-refractivity contribution in [1.29, 1.82) is 0 Å². The lowest BCUT2D eigenvalue weighted by Gasteiger charge is -2.38. The Kier molecular flexibility index (Phi) is 7.08. The predicted molar refractivity (Wildman–Crippen MR) is 98.0 cm³/mol. The van der Waals surface area contributed by atoms with E-state index in [1.165, 1.54) is 0 Å². The molecule has 0 bridgehead atoms. The minimum atomic E-state index is -0.771. The number of likely N-dealkylation sites (tertiary alicyclic amines) is 1. The fourth-order valence-corrected chi connectivity index (χ4v) is 2.97. The molecule has 1 saturated heterocycles. The molecule has 25 heavy (non-hydrogen) atoms. The van der Waals surface area contributed by atoms with Crippen LogP contribution in [-0.2, 0) is 4.74 Å². The largest absolute Gasteiger partial charge is 0.491 e. The summed E-state index contributed by atoms with van der Waals surface area (Å²) in [7, 11) is 0. The highest BCUT2D eigenvalue weighted by Gasteiger charge is 2.33. The van der Waals surface area contributed by atoms with Gasteiger partial charge in [-0.15, -0.1) is 0 Å². The molecule has 0 aromatic heterocycles. The summed E-state index contributed by atoms with van der Waals surface area (Å²) in [6.45, 7) is 8.52.